The summed E-state index contributed by atoms with van der Waals surface area (Å²) in [6.45, 7) is 1.85. The third-order valence-corrected chi connectivity index (χ3v) is 3.60. The molecule has 0 bridgehead atoms. The van der Waals surface area contributed by atoms with Gasteiger partial charge in [-0.1, -0.05) is 54.6 Å². The van der Waals surface area contributed by atoms with E-state index >= 15 is 0 Å². The number of nitrogens with zero attached hydrogens (tertiary/aromatic N) is 1. The fourth-order valence-corrected chi connectivity index (χ4v) is 2.48. The molecule has 1 heterocycles. The van der Waals surface area contributed by atoms with Crippen LogP contribution in [0.1, 0.15) is 33.2 Å². The topological polar surface area (TPSA) is 37.4 Å². The molecule has 0 saturated carbocycles. The first kappa shape index (κ1) is 13.3. The van der Waals surface area contributed by atoms with Crippen molar-refractivity contribution in [1.29, 1.82) is 0 Å². The maximum absolute atomic E-state index is 12.3. The van der Waals surface area contributed by atoms with Crippen LogP contribution in [0.4, 0.5) is 0 Å². The van der Waals surface area contributed by atoms with Crippen molar-refractivity contribution in [2.24, 2.45) is 0 Å². The predicted octanol–water partition coefficient (Wildman–Crippen LogP) is 3.38. The lowest BCUT2D eigenvalue weighted by Gasteiger charge is -2.19. The van der Waals surface area contributed by atoms with Gasteiger partial charge in [-0.3, -0.25) is 14.5 Å². The van der Waals surface area contributed by atoms with Crippen LogP contribution in [0.15, 0.2) is 60.7 Å². The van der Waals surface area contributed by atoms with Crippen molar-refractivity contribution >= 4 is 17.9 Å². The second kappa shape index (κ2) is 5.37. The third-order valence-electron chi connectivity index (χ3n) is 3.60. The van der Waals surface area contributed by atoms with Gasteiger partial charge in [0.2, 0.25) is 0 Å². The molecule has 2 aromatic carbocycles. The summed E-state index contributed by atoms with van der Waals surface area (Å²) in [6, 6.07) is 16.5. The molecule has 0 aliphatic carbocycles. The Morgan fingerprint density at radius 1 is 0.857 bits per heavy atom. The quantitative estimate of drug-likeness (QED) is 0.806. The van der Waals surface area contributed by atoms with Crippen LogP contribution in [0, 0.1) is 0 Å². The number of amides is 2. The first-order chi connectivity index (χ1) is 10.2. The van der Waals surface area contributed by atoms with Gasteiger partial charge in [0, 0.05) is 0 Å². The number of carbonyl (C=O) groups is 2. The number of imide groups is 1. The number of carbonyl (C=O) groups excluding carboxylic acids is 2. The van der Waals surface area contributed by atoms with Crippen molar-refractivity contribution in [3.8, 4) is 0 Å². The zero-order valence-corrected chi connectivity index (χ0v) is 11.7. The summed E-state index contributed by atoms with van der Waals surface area (Å²) >= 11 is 0. The van der Waals surface area contributed by atoms with Crippen LogP contribution in [0.25, 0.3) is 6.08 Å². The Balaban J connectivity index is 1.84. The minimum Gasteiger partial charge on any atom is -0.269 e. The number of rotatable bonds is 3. The molecule has 0 fully saturated rings. The van der Waals surface area contributed by atoms with Crippen LogP contribution in [0.3, 0.4) is 0 Å². The van der Waals surface area contributed by atoms with E-state index in [1.807, 2.05) is 49.4 Å². The fourth-order valence-electron chi connectivity index (χ4n) is 2.48. The second-order valence-electron chi connectivity index (χ2n) is 5.04. The first-order valence-corrected chi connectivity index (χ1v) is 6.88. The molecule has 0 spiro atoms. The summed E-state index contributed by atoms with van der Waals surface area (Å²) in [5, 5.41) is 0. The van der Waals surface area contributed by atoms with Gasteiger partial charge in [0.15, 0.2) is 0 Å². The lowest BCUT2D eigenvalue weighted by Crippen LogP contribution is -2.36. The summed E-state index contributed by atoms with van der Waals surface area (Å²) in [4.78, 5) is 26.0. The lowest BCUT2D eigenvalue weighted by atomic mass is 10.1. The van der Waals surface area contributed by atoms with Gasteiger partial charge in [0.05, 0.1) is 17.2 Å². The molecule has 2 aromatic rings. The molecule has 3 nitrogen and oxygen atoms in total. The van der Waals surface area contributed by atoms with Crippen LogP contribution in [-0.4, -0.2) is 22.8 Å². The maximum atomic E-state index is 12.3. The van der Waals surface area contributed by atoms with E-state index in [9.17, 15) is 9.59 Å². The van der Waals surface area contributed by atoms with Crippen molar-refractivity contribution in [1.82, 2.24) is 4.90 Å². The van der Waals surface area contributed by atoms with E-state index in [0.717, 1.165) is 5.56 Å². The van der Waals surface area contributed by atoms with Crippen LogP contribution in [-0.2, 0) is 0 Å². The monoisotopic (exact) mass is 277 g/mol. The molecule has 1 aliphatic rings. The Bertz CT molecular complexity index is 684. The van der Waals surface area contributed by atoms with Gasteiger partial charge in [-0.15, -0.1) is 0 Å². The van der Waals surface area contributed by atoms with E-state index < -0.39 is 0 Å². The molecule has 1 unspecified atom stereocenters. The van der Waals surface area contributed by atoms with E-state index in [-0.39, 0.29) is 17.9 Å². The van der Waals surface area contributed by atoms with Crippen LogP contribution < -0.4 is 0 Å². The molecule has 104 valence electrons. The summed E-state index contributed by atoms with van der Waals surface area (Å²) in [5.74, 6) is -0.443. The molecular formula is C18H15NO2. The molecule has 3 rings (SSSR count). The van der Waals surface area contributed by atoms with Crippen LogP contribution in [0.5, 0.6) is 0 Å². The molecule has 2 amide bonds. The molecular weight excluding hydrogens is 262 g/mol. The Hall–Kier alpha value is -2.68. The highest BCUT2D eigenvalue weighted by Gasteiger charge is 2.37. The molecule has 3 heteroatoms. The van der Waals surface area contributed by atoms with Gasteiger partial charge in [0.25, 0.3) is 11.8 Å². The van der Waals surface area contributed by atoms with Gasteiger partial charge < -0.3 is 0 Å². The van der Waals surface area contributed by atoms with Crippen molar-refractivity contribution in [2.45, 2.75) is 13.0 Å². The smallest absolute Gasteiger partial charge is 0.262 e. The highest BCUT2D eigenvalue weighted by Crippen LogP contribution is 2.24. The number of hydrogen-bond donors (Lipinski definition) is 0. The first-order valence-electron chi connectivity index (χ1n) is 6.88. The van der Waals surface area contributed by atoms with Gasteiger partial charge in [-0.05, 0) is 24.6 Å². The van der Waals surface area contributed by atoms with E-state index in [2.05, 4.69) is 0 Å². The van der Waals surface area contributed by atoms with Crippen molar-refractivity contribution in [2.75, 3.05) is 0 Å². The lowest BCUT2D eigenvalue weighted by molar-refractivity contribution is 0.0626. The van der Waals surface area contributed by atoms with E-state index in [4.69, 9.17) is 0 Å². The Kier molecular flexibility index (Phi) is 3.40. The molecule has 0 radical (unpaired) electrons. The molecule has 1 atom stereocenters. The molecule has 0 saturated heterocycles. The molecule has 21 heavy (non-hydrogen) atoms. The zero-order chi connectivity index (χ0) is 14.8. The normalized spacial score (nSPS) is 15.6. The molecule has 0 N–H and O–H groups in total. The fraction of sp³-hybridized carbons (Fsp3) is 0.111. The summed E-state index contributed by atoms with van der Waals surface area (Å²) in [6.07, 6.45) is 3.80. The summed E-state index contributed by atoms with van der Waals surface area (Å²) < 4.78 is 0. The van der Waals surface area contributed by atoms with Gasteiger partial charge in [-0.25, -0.2) is 0 Å². The summed E-state index contributed by atoms with van der Waals surface area (Å²) in [5.41, 5.74) is 2.02. The number of hydrogen-bond acceptors (Lipinski definition) is 2. The maximum Gasteiger partial charge on any atom is 0.262 e. The third kappa shape index (κ3) is 2.38. The second-order valence-corrected chi connectivity index (χ2v) is 5.04. The van der Waals surface area contributed by atoms with Gasteiger partial charge >= 0.3 is 0 Å². The standard InChI is InChI=1S/C18H15NO2/c1-13(11-12-14-7-3-2-4-8-14)19-17(20)15-9-5-6-10-16(15)18(19)21/h2-13H,1H3. The van der Waals surface area contributed by atoms with Crippen molar-refractivity contribution < 1.29 is 9.59 Å². The highest BCUT2D eigenvalue weighted by atomic mass is 16.2. The Labute approximate surface area is 123 Å². The minimum atomic E-state index is -0.280. The van der Waals surface area contributed by atoms with Gasteiger partial charge in [-0.2, -0.15) is 0 Å². The Morgan fingerprint density at radius 3 is 1.95 bits per heavy atom. The average Bonchev–Trinajstić information content (AvgIpc) is 2.78. The highest BCUT2D eigenvalue weighted by molar-refractivity contribution is 6.21. The van der Waals surface area contributed by atoms with E-state index in [0.29, 0.717) is 11.1 Å². The van der Waals surface area contributed by atoms with Gasteiger partial charge in [0.1, 0.15) is 0 Å². The van der Waals surface area contributed by atoms with Crippen molar-refractivity contribution in [3.05, 3.63) is 77.4 Å². The van der Waals surface area contributed by atoms with E-state index in [1.165, 1.54) is 4.90 Å². The SMILES string of the molecule is CC(C=Cc1ccccc1)N1C(=O)c2ccccc2C1=O. The Morgan fingerprint density at radius 2 is 1.38 bits per heavy atom. The average molecular weight is 277 g/mol. The minimum absolute atomic E-state index is 0.221. The zero-order valence-electron chi connectivity index (χ0n) is 11.7. The molecule has 1 aliphatic heterocycles. The van der Waals surface area contributed by atoms with Crippen LogP contribution in [0.2, 0.25) is 0 Å². The largest absolute Gasteiger partial charge is 0.269 e. The number of benzene rings is 2. The number of fused-ring (bicyclic) bond motifs is 1. The van der Waals surface area contributed by atoms with E-state index in [1.54, 1.807) is 24.3 Å². The predicted molar refractivity (Wildman–Crippen MR) is 81.9 cm³/mol. The van der Waals surface area contributed by atoms with Crippen molar-refractivity contribution in [3.63, 3.8) is 0 Å². The summed E-state index contributed by atoms with van der Waals surface area (Å²) in [7, 11) is 0. The molecule has 0 aromatic heterocycles. The van der Waals surface area contributed by atoms with Crippen LogP contribution >= 0.6 is 0 Å².